The van der Waals surface area contributed by atoms with Crippen LogP contribution in [0.5, 0.6) is 0 Å². The summed E-state index contributed by atoms with van der Waals surface area (Å²) in [5, 5.41) is 2.47. The number of benzene rings is 1. The van der Waals surface area contributed by atoms with Crippen molar-refractivity contribution in [2.75, 3.05) is 69.8 Å². The molecule has 3 aromatic rings. The number of likely N-dealkylation sites (N-methyl/N-ethyl adjacent to an activating group) is 1. The number of aromatic nitrogens is 3. The highest BCUT2D eigenvalue weighted by Gasteiger charge is 2.33. The van der Waals surface area contributed by atoms with Gasteiger partial charge >= 0.3 is 12.2 Å². The minimum atomic E-state index is -0.640. The summed E-state index contributed by atoms with van der Waals surface area (Å²) in [6, 6.07) is 4.48. The number of fused-ring (bicyclic) bond motifs is 1. The number of carbonyl (C=O) groups excluding carboxylic acids is 4. The van der Waals surface area contributed by atoms with Crippen LogP contribution in [-0.2, 0) is 14.3 Å². The molecule has 2 aliphatic heterocycles. The van der Waals surface area contributed by atoms with Crippen LogP contribution in [0.4, 0.5) is 25.4 Å². The lowest BCUT2D eigenvalue weighted by Crippen LogP contribution is -2.51. The lowest BCUT2D eigenvalue weighted by molar-refractivity contribution is -0.131. The highest BCUT2D eigenvalue weighted by molar-refractivity contribution is 5.95. The van der Waals surface area contributed by atoms with E-state index in [2.05, 4.69) is 20.0 Å². The number of carbonyl (C=O) groups is 4. The molecular formula is C26H29FN8O6. The maximum absolute atomic E-state index is 15.1. The summed E-state index contributed by atoms with van der Waals surface area (Å²) in [5.74, 6) is -1.11. The molecule has 4 heterocycles. The van der Waals surface area contributed by atoms with Gasteiger partial charge in [-0.25, -0.2) is 19.0 Å². The fourth-order valence-corrected chi connectivity index (χ4v) is 4.74. The molecule has 0 aliphatic carbocycles. The number of alkyl carbamates (subject to hydrolysis) is 1. The van der Waals surface area contributed by atoms with Crippen LogP contribution in [0.25, 0.3) is 5.65 Å². The van der Waals surface area contributed by atoms with Crippen molar-refractivity contribution >= 4 is 41.0 Å². The number of halogens is 1. The first-order chi connectivity index (χ1) is 19.7. The van der Waals surface area contributed by atoms with Gasteiger partial charge in [-0.05, 0) is 18.2 Å². The number of anilines is 2. The molecule has 0 spiro atoms. The highest BCUT2D eigenvalue weighted by atomic mass is 19.1. The lowest BCUT2D eigenvalue weighted by atomic mass is 10.2. The lowest BCUT2D eigenvalue weighted by Gasteiger charge is -2.37. The fraction of sp³-hybridized carbons (Fsp3) is 0.385. The van der Waals surface area contributed by atoms with Crippen LogP contribution in [0, 0.1) is 5.82 Å². The highest BCUT2D eigenvalue weighted by Crippen LogP contribution is 2.28. The Morgan fingerprint density at radius 1 is 1.22 bits per heavy atom. The predicted octanol–water partition coefficient (Wildman–Crippen LogP) is 0.970. The Morgan fingerprint density at radius 2 is 2.00 bits per heavy atom. The summed E-state index contributed by atoms with van der Waals surface area (Å²) >= 11 is 0. The third-order valence-electron chi connectivity index (χ3n) is 6.95. The molecule has 15 heteroatoms. The van der Waals surface area contributed by atoms with Gasteiger partial charge in [-0.1, -0.05) is 0 Å². The molecule has 216 valence electrons. The van der Waals surface area contributed by atoms with Gasteiger partial charge < -0.3 is 33.9 Å². The van der Waals surface area contributed by atoms with Gasteiger partial charge in [0.15, 0.2) is 5.65 Å². The number of ether oxygens (including phenoxy) is 2. The van der Waals surface area contributed by atoms with Gasteiger partial charge in [0.05, 0.1) is 44.3 Å². The summed E-state index contributed by atoms with van der Waals surface area (Å²) in [7, 11) is 2.78. The molecule has 0 unspecified atom stereocenters. The molecule has 1 aromatic carbocycles. The van der Waals surface area contributed by atoms with Crippen molar-refractivity contribution in [2.45, 2.75) is 6.10 Å². The summed E-state index contributed by atoms with van der Waals surface area (Å²) in [6.07, 6.45) is 4.53. The van der Waals surface area contributed by atoms with E-state index in [1.807, 2.05) is 4.90 Å². The van der Waals surface area contributed by atoms with Crippen molar-refractivity contribution < 1.29 is 33.0 Å². The largest absolute Gasteiger partial charge is 0.453 e. The number of imidazole rings is 1. The number of hydrogen-bond donors (Lipinski definition) is 1. The molecule has 2 fully saturated rings. The Bertz CT molecular complexity index is 1440. The van der Waals surface area contributed by atoms with E-state index in [9.17, 15) is 19.2 Å². The van der Waals surface area contributed by atoms with Gasteiger partial charge in [0, 0.05) is 51.8 Å². The number of cyclic esters (lactones) is 1. The molecule has 5 rings (SSSR count). The van der Waals surface area contributed by atoms with Gasteiger partial charge in [-0.3, -0.25) is 19.5 Å². The van der Waals surface area contributed by atoms with Crippen LogP contribution in [0.2, 0.25) is 0 Å². The van der Waals surface area contributed by atoms with E-state index in [4.69, 9.17) is 4.74 Å². The molecule has 41 heavy (non-hydrogen) atoms. The normalized spacial score (nSPS) is 17.0. The molecule has 4 amide bonds. The zero-order chi connectivity index (χ0) is 29.1. The molecule has 2 aliphatic rings. The smallest absolute Gasteiger partial charge is 0.414 e. The van der Waals surface area contributed by atoms with Crippen molar-refractivity contribution in [2.24, 2.45) is 0 Å². The Labute approximate surface area is 234 Å². The molecule has 2 aromatic heterocycles. The number of hydrogen-bond acceptors (Lipinski definition) is 9. The first-order valence-electron chi connectivity index (χ1n) is 12.9. The van der Waals surface area contributed by atoms with Gasteiger partial charge in [0.2, 0.25) is 5.91 Å². The standard InChI is InChI=1S/C26H29FN8O6/c1-31(24(37)20-15-34-6-5-28-13-22(34)30-20)16-23(36)33-9-7-32(8-10-33)21-4-3-17(11-19(21)27)35-14-18(41-26(35)39)12-29-25(38)40-2/h3-6,11,13,15,18H,7-10,12,14,16H2,1-2H3,(H,29,38)/t18-/m0/s1. The second-order valence-electron chi connectivity index (χ2n) is 9.62. The van der Waals surface area contributed by atoms with Crippen LogP contribution in [0.1, 0.15) is 10.5 Å². The molecule has 14 nitrogen and oxygen atoms in total. The molecule has 0 radical (unpaired) electrons. The van der Waals surface area contributed by atoms with Crippen molar-refractivity contribution in [1.82, 2.24) is 29.5 Å². The van der Waals surface area contributed by atoms with E-state index in [1.54, 1.807) is 53.3 Å². The van der Waals surface area contributed by atoms with E-state index < -0.39 is 24.1 Å². The van der Waals surface area contributed by atoms with E-state index in [0.717, 1.165) is 0 Å². The van der Waals surface area contributed by atoms with Gasteiger partial charge in [-0.15, -0.1) is 0 Å². The first-order valence-corrected chi connectivity index (χ1v) is 12.9. The summed E-state index contributed by atoms with van der Waals surface area (Å²) in [4.78, 5) is 63.6. The molecule has 0 saturated carbocycles. The fourth-order valence-electron chi connectivity index (χ4n) is 4.74. The van der Waals surface area contributed by atoms with E-state index in [1.165, 1.54) is 23.0 Å². The Balaban J connectivity index is 1.13. The summed E-state index contributed by atoms with van der Waals surface area (Å²) in [6.45, 7) is 1.60. The van der Waals surface area contributed by atoms with Crippen molar-refractivity contribution in [3.63, 3.8) is 0 Å². The summed E-state index contributed by atoms with van der Waals surface area (Å²) < 4.78 is 26.6. The SMILES string of the molecule is COC(=O)NC[C@H]1CN(c2ccc(N3CCN(C(=O)CN(C)C(=O)c4cn5ccncc5n4)CC3)c(F)c2)C(=O)O1. The number of amides is 4. The first kappa shape index (κ1) is 27.6. The van der Waals surface area contributed by atoms with Gasteiger partial charge in [0.1, 0.15) is 17.6 Å². The van der Waals surface area contributed by atoms with Crippen LogP contribution >= 0.6 is 0 Å². The third-order valence-corrected chi connectivity index (χ3v) is 6.95. The Morgan fingerprint density at radius 3 is 2.71 bits per heavy atom. The Hall–Kier alpha value is -4.95. The Kier molecular flexibility index (Phi) is 7.85. The van der Waals surface area contributed by atoms with Crippen LogP contribution in [-0.4, -0.2) is 114 Å². The van der Waals surface area contributed by atoms with Gasteiger partial charge in [-0.2, -0.15) is 0 Å². The number of methoxy groups -OCH3 is 1. The van der Waals surface area contributed by atoms with E-state index in [-0.39, 0.29) is 37.1 Å². The second-order valence-corrected chi connectivity index (χ2v) is 9.62. The average Bonchev–Trinajstić information content (AvgIpc) is 3.58. The maximum Gasteiger partial charge on any atom is 0.414 e. The molecule has 1 N–H and O–H groups in total. The summed E-state index contributed by atoms with van der Waals surface area (Å²) in [5.41, 5.74) is 1.43. The quantitative estimate of drug-likeness (QED) is 0.441. The second kappa shape index (κ2) is 11.7. The molecule has 1 atom stereocenters. The average molecular weight is 569 g/mol. The third kappa shape index (κ3) is 5.97. The van der Waals surface area contributed by atoms with Crippen LogP contribution in [0.3, 0.4) is 0 Å². The molecular weight excluding hydrogens is 539 g/mol. The van der Waals surface area contributed by atoms with Crippen molar-refractivity contribution in [3.05, 3.63) is 54.5 Å². The topological polar surface area (TPSA) is 142 Å². The number of piperazine rings is 1. The van der Waals surface area contributed by atoms with Crippen molar-refractivity contribution in [1.29, 1.82) is 0 Å². The number of rotatable bonds is 7. The zero-order valence-electron chi connectivity index (χ0n) is 22.5. The van der Waals surface area contributed by atoms with E-state index >= 15 is 4.39 Å². The van der Waals surface area contributed by atoms with Crippen molar-refractivity contribution in [3.8, 4) is 0 Å². The van der Waals surface area contributed by atoms with Crippen LogP contribution < -0.4 is 15.1 Å². The van der Waals surface area contributed by atoms with E-state index in [0.29, 0.717) is 43.2 Å². The minimum Gasteiger partial charge on any atom is -0.453 e. The monoisotopic (exact) mass is 568 g/mol. The van der Waals surface area contributed by atoms with Crippen LogP contribution in [0.15, 0.2) is 43.0 Å². The predicted molar refractivity (Wildman–Crippen MR) is 143 cm³/mol. The van der Waals surface area contributed by atoms with Gasteiger partial charge in [0.25, 0.3) is 5.91 Å². The molecule has 2 saturated heterocycles. The number of nitrogens with one attached hydrogen (secondary N) is 1. The minimum absolute atomic E-state index is 0.0701. The number of nitrogens with zero attached hydrogens (tertiary/aromatic N) is 7. The maximum atomic E-state index is 15.1. The zero-order valence-corrected chi connectivity index (χ0v) is 22.5. The molecule has 0 bridgehead atoms.